The zero-order chi connectivity index (χ0) is 14.0. The van der Waals surface area contributed by atoms with Crippen LogP contribution in [0.25, 0.3) is 11.4 Å². The molecule has 0 saturated heterocycles. The van der Waals surface area contributed by atoms with E-state index in [1.165, 1.54) is 12.1 Å². The van der Waals surface area contributed by atoms with Crippen LogP contribution in [-0.4, -0.2) is 19.9 Å². The first-order valence-electron chi connectivity index (χ1n) is 5.73. The molecule has 0 aliphatic heterocycles. The number of non-ortho nitro benzene ring substituents is 1. The van der Waals surface area contributed by atoms with E-state index in [0.29, 0.717) is 17.2 Å². The molecule has 2 rings (SSSR count). The van der Waals surface area contributed by atoms with Crippen molar-refractivity contribution in [3.8, 4) is 11.4 Å². The summed E-state index contributed by atoms with van der Waals surface area (Å²) in [6, 6.07) is 6.12. The maximum atomic E-state index is 10.8. The first kappa shape index (κ1) is 12.9. The van der Waals surface area contributed by atoms with Crippen molar-refractivity contribution in [2.24, 2.45) is 0 Å². The molecule has 0 saturated carbocycles. The number of nitro groups is 1. The lowest BCUT2D eigenvalue weighted by Gasteiger charge is -2.07. The Balaban J connectivity index is 2.52. The number of hydrogen-bond acceptors (Lipinski definition) is 6. The summed E-state index contributed by atoms with van der Waals surface area (Å²) in [5.74, 6) is 1.12. The largest absolute Gasteiger partial charge is 0.368 e. The van der Waals surface area contributed by atoms with Gasteiger partial charge < -0.3 is 5.73 Å². The number of nitro benzene ring substituents is 1. The van der Waals surface area contributed by atoms with Crippen LogP contribution in [0, 0.1) is 10.1 Å². The van der Waals surface area contributed by atoms with Crippen LogP contribution >= 0.6 is 0 Å². The van der Waals surface area contributed by atoms with E-state index in [1.54, 1.807) is 12.1 Å². The topological polar surface area (TPSA) is 108 Å². The molecule has 0 bridgehead atoms. The molecule has 1 aromatic carbocycles. The molecule has 0 radical (unpaired) electrons. The SMILES string of the molecule is CC(C)c1nc(N)nc(-c2cccc([N+](=O)[O-])c2)n1. The Labute approximate surface area is 109 Å². The van der Waals surface area contributed by atoms with Crippen LogP contribution < -0.4 is 5.73 Å². The molecule has 0 aliphatic rings. The third-order valence-electron chi connectivity index (χ3n) is 2.50. The molecule has 0 aliphatic carbocycles. The van der Waals surface area contributed by atoms with Crippen molar-refractivity contribution < 1.29 is 4.92 Å². The number of nitrogen functional groups attached to an aromatic ring is 1. The van der Waals surface area contributed by atoms with E-state index >= 15 is 0 Å². The lowest BCUT2D eigenvalue weighted by molar-refractivity contribution is -0.384. The van der Waals surface area contributed by atoms with Crippen molar-refractivity contribution >= 4 is 11.6 Å². The van der Waals surface area contributed by atoms with Gasteiger partial charge in [0, 0.05) is 23.6 Å². The highest BCUT2D eigenvalue weighted by molar-refractivity contribution is 5.59. The van der Waals surface area contributed by atoms with Gasteiger partial charge in [-0.2, -0.15) is 9.97 Å². The maximum absolute atomic E-state index is 10.8. The van der Waals surface area contributed by atoms with Gasteiger partial charge >= 0.3 is 0 Å². The molecule has 0 unspecified atom stereocenters. The van der Waals surface area contributed by atoms with Gasteiger partial charge in [0.2, 0.25) is 5.95 Å². The van der Waals surface area contributed by atoms with Gasteiger partial charge in [0.05, 0.1) is 4.92 Å². The number of nitrogens with two attached hydrogens (primary N) is 1. The minimum Gasteiger partial charge on any atom is -0.368 e. The second kappa shape index (κ2) is 4.97. The fourth-order valence-corrected chi connectivity index (χ4v) is 1.56. The van der Waals surface area contributed by atoms with Gasteiger partial charge in [-0.1, -0.05) is 26.0 Å². The molecule has 2 aromatic rings. The smallest absolute Gasteiger partial charge is 0.270 e. The van der Waals surface area contributed by atoms with Crippen molar-refractivity contribution in [1.82, 2.24) is 15.0 Å². The summed E-state index contributed by atoms with van der Waals surface area (Å²) < 4.78 is 0. The lowest BCUT2D eigenvalue weighted by atomic mass is 10.1. The second-order valence-corrected chi connectivity index (χ2v) is 4.34. The molecule has 0 fully saturated rings. The molecule has 1 aromatic heterocycles. The monoisotopic (exact) mass is 259 g/mol. The average Bonchev–Trinajstić information content (AvgIpc) is 2.38. The quantitative estimate of drug-likeness (QED) is 0.668. The minimum absolute atomic E-state index is 0.0115. The predicted octanol–water partition coefficient (Wildman–Crippen LogP) is 2.15. The van der Waals surface area contributed by atoms with Gasteiger partial charge in [0.1, 0.15) is 5.82 Å². The van der Waals surface area contributed by atoms with E-state index in [9.17, 15) is 10.1 Å². The number of rotatable bonds is 3. The van der Waals surface area contributed by atoms with E-state index in [-0.39, 0.29) is 17.6 Å². The molecular weight excluding hydrogens is 246 g/mol. The normalized spacial score (nSPS) is 10.7. The molecular formula is C12H13N5O2. The molecule has 7 nitrogen and oxygen atoms in total. The molecule has 2 N–H and O–H groups in total. The Morgan fingerprint density at radius 2 is 2.00 bits per heavy atom. The maximum Gasteiger partial charge on any atom is 0.270 e. The third-order valence-corrected chi connectivity index (χ3v) is 2.50. The van der Waals surface area contributed by atoms with E-state index < -0.39 is 4.92 Å². The van der Waals surface area contributed by atoms with Gasteiger partial charge in [0.15, 0.2) is 5.82 Å². The van der Waals surface area contributed by atoms with Crippen LogP contribution in [0.5, 0.6) is 0 Å². The lowest BCUT2D eigenvalue weighted by Crippen LogP contribution is -2.06. The standard InChI is InChI=1S/C12H13N5O2/c1-7(2)10-14-11(16-12(13)15-10)8-4-3-5-9(6-8)17(18)19/h3-7H,1-2H3,(H2,13,14,15,16). The number of aromatic nitrogens is 3. The van der Waals surface area contributed by atoms with Gasteiger partial charge in [-0.3, -0.25) is 10.1 Å². The fraction of sp³-hybridized carbons (Fsp3) is 0.250. The zero-order valence-corrected chi connectivity index (χ0v) is 10.6. The summed E-state index contributed by atoms with van der Waals surface area (Å²) in [5, 5.41) is 10.8. The van der Waals surface area contributed by atoms with Crippen molar-refractivity contribution in [3.05, 3.63) is 40.2 Å². The molecule has 7 heteroatoms. The molecule has 0 atom stereocenters. The molecule has 0 amide bonds. The number of hydrogen-bond donors (Lipinski definition) is 1. The number of anilines is 1. The Morgan fingerprint density at radius 1 is 1.26 bits per heavy atom. The number of nitrogens with zero attached hydrogens (tertiary/aromatic N) is 4. The van der Waals surface area contributed by atoms with Crippen LogP contribution in [0.15, 0.2) is 24.3 Å². The van der Waals surface area contributed by atoms with Crippen LogP contribution in [-0.2, 0) is 0 Å². The van der Waals surface area contributed by atoms with Crippen molar-refractivity contribution in [2.75, 3.05) is 5.73 Å². The Hall–Kier alpha value is -2.57. The summed E-state index contributed by atoms with van der Waals surface area (Å²) in [6.45, 7) is 3.87. The number of benzene rings is 1. The van der Waals surface area contributed by atoms with E-state index in [1.807, 2.05) is 13.8 Å². The van der Waals surface area contributed by atoms with Crippen LogP contribution in [0.4, 0.5) is 11.6 Å². The minimum atomic E-state index is -0.461. The Morgan fingerprint density at radius 3 is 2.63 bits per heavy atom. The zero-order valence-electron chi connectivity index (χ0n) is 10.6. The average molecular weight is 259 g/mol. The predicted molar refractivity (Wildman–Crippen MR) is 70.4 cm³/mol. The molecule has 98 valence electrons. The van der Waals surface area contributed by atoms with Crippen molar-refractivity contribution in [1.29, 1.82) is 0 Å². The van der Waals surface area contributed by atoms with Crippen LogP contribution in [0.3, 0.4) is 0 Å². The summed E-state index contributed by atoms with van der Waals surface area (Å²) >= 11 is 0. The first-order chi connectivity index (χ1) is 8.97. The fourth-order valence-electron chi connectivity index (χ4n) is 1.56. The van der Waals surface area contributed by atoms with E-state index in [2.05, 4.69) is 15.0 Å². The molecule has 19 heavy (non-hydrogen) atoms. The van der Waals surface area contributed by atoms with Crippen LogP contribution in [0.2, 0.25) is 0 Å². The summed E-state index contributed by atoms with van der Waals surface area (Å²) in [5.41, 5.74) is 6.17. The van der Waals surface area contributed by atoms with Crippen molar-refractivity contribution in [3.63, 3.8) is 0 Å². The second-order valence-electron chi connectivity index (χ2n) is 4.34. The first-order valence-corrected chi connectivity index (χ1v) is 5.73. The highest BCUT2D eigenvalue weighted by Crippen LogP contribution is 2.22. The molecule has 0 spiro atoms. The van der Waals surface area contributed by atoms with Gasteiger partial charge in [0.25, 0.3) is 5.69 Å². The highest BCUT2D eigenvalue weighted by atomic mass is 16.6. The molecule has 1 heterocycles. The summed E-state index contributed by atoms with van der Waals surface area (Å²) in [6.07, 6.45) is 0. The summed E-state index contributed by atoms with van der Waals surface area (Å²) in [4.78, 5) is 22.6. The Kier molecular flexibility index (Phi) is 3.37. The highest BCUT2D eigenvalue weighted by Gasteiger charge is 2.12. The van der Waals surface area contributed by atoms with Gasteiger partial charge in [-0.15, -0.1) is 0 Å². The Bertz CT molecular complexity index is 627. The van der Waals surface area contributed by atoms with E-state index in [4.69, 9.17) is 5.73 Å². The van der Waals surface area contributed by atoms with Gasteiger partial charge in [-0.05, 0) is 0 Å². The van der Waals surface area contributed by atoms with Crippen LogP contribution in [0.1, 0.15) is 25.6 Å². The third kappa shape index (κ3) is 2.82. The van der Waals surface area contributed by atoms with E-state index in [0.717, 1.165) is 0 Å². The van der Waals surface area contributed by atoms with Gasteiger partial charge in [-0.25, -0.2) is 4.98 Å². The van der Waals surface area contributed by atoms with Crippen molar-refractivity contribution in [2.45, 2.75) is 19.8 Å². The summed E-state index contributed by atoms with van der Waals surface area (Å²) in [7, 11) is 0.